The van der Waals surface area contributed by atoms with Gasteiger partial charge in [0, 0.05) is 24.0 Å². The first-order chi connectivity index (χ1) is 22.6. The van der Waals surface area contributed by atoms with Crippen molar-refractivity contribution in [1.82, 2.24) is 10.2 Å². The fourth-order valence-corrected chi connectivity index (χ4v) is 7.58. The predicted octanol–water partition coefficient (Wildman–Crippen LogP) is 7.24. The summed E-state index contributed by atoms with van der Waals surface area (Å²) in [6.07, 6.45) is 5.33. The third kappa shape index (κ3) is 8.82. The highest BCUT2D eigenvalue weighted by atomic mass is 35.5. The van der Waals surface area contributed by atoms with Gasteiger partial charge in [-0.25, -0.2) is 8.42 Å². The predicted molar refractivity (Wildman–Crippen MR) is 188 cm³/mol. The minimum absolute atomic E-state index is 0.0107. The average Bonchev–Trinajstić information content (AvgIpc) is 3.07. The van der Waals surface area contributed by atoms with E-state index in [0.717, 1.165) is 58.7 Å². The number of halogens is 1. The second-order valence-corrected chi connectivity index (χ2v) is 14.6. The second kappa shape index (κ2) is 15.6. The summed E-state index contributed by atoms with van der Waals surface area (Å²) < 4.78 is 29.5. The van der Waals surface area contributed by atoms with Gasteiger partial charge in [-0.1, -0.05) is 103 Å². The van der Waals surface area contributed by atoms with Crippen LogP contribution in [-0.4, -0.2) is 43.8 Å². The summed E-state index contributed by atoms with van der Waals surface area (Å²) in [4.78, 5) is 30.5. The fourth-order valence-electron chi connectivity index (χ4n) is 6.04. The number of carbonyl (C=O) groups excluding carboxylic acids is 2. The van der Waals surface area contributed by atoms with Crippen molar-refractivity contribution in [3.8, 4) is 0 Å². The maximum atomic E-state index is 14.7. The minimum Gasteiger partial charge on any atom is -0.352 e. The van der Waals surface area contributed by atoms with Crippen molar-refractivity contribution < 1.29 is 18.0 Å². The summed E-state index contributed by atoms with van der Waals surface area (Å²) >= 11 is 6.09. The van der Waals surface area contributed by atoms with Crippen LogP contribution in [0.25, 0.3) is 0 Å². The van der Waals surface area contributed by atoms with Gasteiger partial charge in [-0.3, -0.25) is 13.9 Å². The number of sulfonamides is 1. The van der Waals surface area contributed by atoms with Gasteiger partial charge in [-0.05, 0) is 79.8 Å². The Hall–Kier alpha value is -4.14. The molecule has 0 radical (unpaired) electrons. The van der Waals surface area contributed by atoms with Crippen LogP contribution in [0.2, 0.25) is 5.02 Å². The number of amides is 2. The van der Waals surface area contributed by atoms with Crippen molar-refractivity contribution in [1.29, 1.82) is 0 Å². The number of rotatable bonds is 12. The molecule has 0 aromatic heterocycles. The van der Waals surface area contributed by atoms with Gasteiger partial charge in [0.2, 0.25) is 11.8 Å². The summed E-state index contributed by atoms with van der Waals surface area (Å²) in [7, 11) is -4.19. The average molecular weight is 672 g/mol. The lowest BCUT2D eigenvalue weighted by Gasteiger charge is -2.35. The van der Waals surface area contributed by atoms with Crippen molar-refractivity contribution in [3.63, 3.8) is 0 Å². The third-order valence-corrected chi connectivity index (χ3v) is 10.9. The standard InChI is InChI=1S/C38H42ClN3O4S/c1-28-17-21-34(22-18-28)42(47(45,46)35-23-19-32(39)20-24-35)27-37(43)41(26-31-14-10-9-11-29(31)2)36(25-30-12-5-3-6-13-30)38(44)40-33-15-7-4-8-16-33/h3,5-6,9-14,17-24,33,36H,4,7-8,15-16,25-27H2,1-2H3,(H,40,44)/t36-/m0/s1. The molecule has 1 N–H and O–H groups in total. The molecule has 4 aromatic rings. The molecule has 0 unspecified atom stereocenters. The van der Waals surface area contributed by atoms with E-state index in [1.807, 2.05) is 80.6 Å². The Balaban J connectivity index is 1.56. The monoisotopic (exact) mass is 671 g/mol. The van der Waals surface area contributed by atoms with Crippen molar-refractivity contribution in [2.75, 3.05) is 10.8 Å². The van der Waals surface area contributed by atoms with Gasteiger partial charge in [0.25, 0.3) is 10.0 Å². The van der Waals surface area contributed by atoms with E-state index in [9.17, 15) is 18.0 Å². The van der Waals surface area contributed by atoms with Gasteiger partial charge in [0.05, 0.1) is 10.6 Å². The van der Waals surface area contributed by atoms with Crippen LogP contribution in [0.15, 0.2) is 108 Å². The molecule has 7 nitrogen and oxygen atoms in total. The van der Waals surface area contributed by atoms with E-state index in [2.05, 4.69) is 5.32 Å². The Bertz CT molecular complexity index is 1760. The molecule has 1 fully saturated rings. The Morgan fingerprint density at radius 2 is 1.47 bits per heavy atom. The maximum absolute atomic E-state index is 14.7. The van der Waals surface area contributed by atoms with E-state index in [1.54, 1.807) is 17.0 Å². The number of aryl methyl sites for hydroxylation is 2. The lowest BCUT2D eigenvalue weighted by molar-refractivity contribution is -0.140. The van der Waals surface area contributed by atoms with Crippen molar-refractivity contribution >= 4 is 39.1 Å². The molecule has 1 atom stereocenters. The molecule has 2 amide bonds. The Morgan fingerprint density at radius 1 is 0.830 bits per heavy atom. The SMILES string of the molecule is Cc1ccc(N(CC(=O)N(Cc2ccccc2C)[C@@H](Cc2ccccc2)C(=O)NC2CCCCC2)S(=O)(=O)c2ccc(Cl)cc2)cc1. The third-order valence-electron chi connectivity index (χ3n) is 8.83. The zero-order chi connectivity index (χ0) is 33.4. The summed E-state index contributed by atoms with van der Waals surface area (Å²) in [5.41, 5.74) is 4.06. The van der Waals surface area contributed by atoms with Gasteiger partial charge < -0.3 is 10.2 Å². The van der Waals surface area contributed by atoms with E-state index in [-0.39, 0.29) is 29.8 Å². The van der Waals surface area contributed by atoms with E-state index in [4.69, 9.17) is 11.6 Å². The summed E-state index contributed by atoms with van der Waals surface area (Å²) in [5, 5.41) is 3.65. The molecule has 4 aromatic carbocycles. The van der Waals surface area contributed by atoms with Crippen LogP contribution in [0.4, 0.5) is 5.69 Å². The van der Waals surface area contributed by atoms with Gasteiger partial charge in [-0.15, -0.1) is 0 Å². The molecule has 0 heterocycles. The van der Waals surface area contributed by atoms with E-state index < -0.39 is 28.5 Å². The first-order valence-electron chi connectivity index (χ1n) is 16.1. The molecule has 0 bridgehead atoms. The minimum atomic E-state index is -4.19. The first-order valence-corrected chi connectivity index (χ1v) is 18.0. The molecular weight excluding hydrogens is 630 g/mol. The van der Waals surface area contributed by atoms with Crippen LogP contribution in [0, 0.1) is 13.8 Å². The molecule has 1 aliphatic carbocycles. The molecule has 9 heteroatoms. The number of nitrogens with zero attached hydrogens (tertiary/aromatic N) is 2. The molecule has 246 valence electrons. The molecule has 0 aliphatic heterocycles. The Labute approximate surface area is 283 Å². The van der Waals surface area contributed by atoms with Gasteiger partial charge >= 0.3 is 0 Å². The normalized spacial score (nSPS) is 14.3. The van der Waals surface area contributed by atoms with Gasteiger partial charge in [-0.2, -0.15) is 0 Å². The number of benzene rings is 4. The first kappa shape index (κ1) is 34.2. The van der Waals surface area contributed by atoms with E-state index in [1.165, 1.54) is 24.3 Å². The van der Waals surface area contributed by atoms with E-state index in [0.29, 0.717) is 10.7 Å². The smallest absolute Gasteiger partial charge is 0.264 e. The molecule has 5 rings (SSSR count). The number of anilines is 1. The van der Waals surface area contributed by atoms with Crippen LogP contribution in [-0.2, 0) is 32.6 Å². The lowest BCUT2D eigenvalue weighted by Crippen LogP contribution is -2.55. The number of nitrogens with one attached hydrogen (secondary N) is 1. The molecule has 47 heavy (non-hydrogen) atoms. The Morgan fingerprint density at radius 3 is 2.13 bits per heavy atom. The second-order valence-electron chi connectivity index (χ2n) is 12.3. The van der Waals surface area contributed by atoms with E-state index >= 15 is 0 Å². The highest BCUT2D eigenvalue weighted by Gasteiger charge is 2.35. The highest BCUT2D eigenvalue weighted by molar-refractivity contribution is 7.92. The maximum Gasteiger partial charge on any atom is 0.264 e. The van der Waals surface area contributed by atoms with Crippen LogP contribution in [0.3, 0.4) is 0 Å². The summed E-state index contributed by atoms with van der Waals surface area (Å²) in [6, 6.07) is 29.5. The number of hydrogen-bond donors (Lipinski definition) is 1. The van der Waals surface area contributed by atoms with Crippen LogP contribution in [0.1, 0.15) is 54.4 Å². The zero-order valence-corrected chi connectivity index (χ0v) is 28.5. The fraction of sp³-hybridized carbons (Fsp3) is 0.316. The number of carbonyl (C=O) groups is 2. The number of hydrogen-bond acceptors (Lipinski definition) is 4. The molecule has 1 saturated carbocycles. The molecule has 0 spiro atoms. The van der Waals surface area contributed by atoms with Gasteiger partial charge in [0.15, 0.2) is 0 Å². The molecule has 1 aliphatic rings. The molecule has 0 saturated heterocycles. The van der Waals surface area contributed by atoms with Crippen molar-refractivity contribution in [3.05, 3.63) is 130 Å². The van der Waals surface area contributed by atoms with Crippen LogP contribution < -0.4 is 9.62 Å². The molecular formula is C38H42ClN3O4S. The van der Waals surface area contributed by atoms with Crippen molar-refractivity contribution in [2.24, 2.45) is 0 Å². The largest absolute Gasteiger partial charge is 0.352 e. The highest BCUT2D eigenvalue weighted by Crippen LogP contribution is 2.27. The van der Waals surface area contributed by atoms with Crippen molar-refractivity contribution in [2.45, 2.75) is 75.9 Å². The van der Waals surface area contributed by atoms with Crippen LogP contribution >= 0.6 is 11.6 Å². The van der Waals surface area contributed by atoms with Crippen LogP contribution in [0.5, 0.6) is 0 Å². The summed E-state index contributed by atoms with van der Waals surface area (Å²) in [5.74, 6) is -0.712. The topological polar surface area (TPSA) is 86.8 Å². The summed E-state index contributed by atoms with van der Waals surface area (Å²) in [6.45, 7) is 3.53. The zero-order valence-electron chi connectivity index (χ0n) is 26.9. The quantitative estimate of drug-likeness (QED) is 0.172. The Kier molecular flexibility index (Phi) is 11.4. The van der Waals surface area contributed by atoms with Gasteiger partial charge in [0.1, 0.15) is 12.6 Å². The lowest BCUT2D eigenvalue weighted by atomic mass is 9.94.